The predicted molar refractivity (Wildman–Crippen MR) is 178 cm³/mol. The summed E-state index contributed by atoms with van der Waals surface area (Å²) in [6.07, 6.45) is -0.701. The maximum atomic E-state index is 14.5. The second-order valence-electron chi connectivity index (χ2n) is 13.2. The molecule has 0 bridgehead atoms. The number of carboxylic acid groups (broad SMARTS) is 1. The fourth-order valence-electron chi connectivity index (χ4n) is 6.10. The number of carbonyl (C=O) groups is 4. The van der Waals surface area contributed by atoms with E-state index in [1.54, 1.807) is 52.8 Å². The van der Waals surface area contributed by atoms with Gasteiger partial charge >= 0.3 is 12.1 Å². The lowest BCUT2D eigenvalue weighted by molar-refractivity contribution is -0.146. The Morgan fingerprint density at radius 1 is 0.958 bits per heavy atom. The standard InChI is InChI=1S/C36H41N5O7/c1-20-14-24(42)15-21(2)25(20)17-28(40-35(47)48-36(3,4)5)33(44)41-19-23-11-7-6-10-22(23)16-30(41)32(43)39-29(34(45)46)18-31-37-26-12-8-9-13-27(26)38-31/h6-15,28-30,42H,16-19H2,1-5H3,(H,37,38)(H,39,43)(H,40,47)(H,45,46)/t28-,29-,30-/m0/s1. The molecule has 1 aliphatic rings. The van der Waals surface area contributed by atoms with Crippen LogP contribution in [0.5, 0.6) is 5.75 Å². The molecule has 1 aromatic heterocycles. The molecule has 3 aromatic carbocycles. The van der Waals surface area contributed by atoms with E-state index < -0.39 is 47.6 Å². The van der Waals surface area contributed by atoms with Gasteiger partial charge in [0.05, 0.1) is 11.0 Å². The monoisotopic (exact) mass is 655 g/mol. The summed E-state index contributed by atoms with van der Waals surface area (Å²) in [4.78, 5) is 62.9. The van der Waals surface area contributed by atoms with Crippen LogP contribution in [0, 0.1) is 13.8 Å². The van der Waals surface area contributed by atoms with E-state index in [9.17, 15) is 29.4 Å². The summed E-state index contributed by atoms with van der Waals surface area (Å²) >= 11 is 0. The van der Waals surface area contributed by atoms with Gasteiger partial charge in [-0.3, -0.25) is 9.59 Å². The number of para-hydroxylation sites is 2. The molecule has 252 valence electrons. The molecule has 5 rings (SSSR count). The quantitative estimate of drug-likeness (QED) is 0.179. The molecule has 0 aliphatic carbocycles. The second kappa shape index (κ2) is 13.8. The largest absolute Gasteiger partial charge is 0.508 e. The number of aliphatic carboxylic acids is 1. The Kier molecular flexibility index (Phi) is 9.74. The summed E-state index contributed by atoms with van der Waals surface area (Å²) in [5, 5.41) is 25.6. The van der Waals surface area contributed by atoms with Gasteiger partial charge in [0.15, 0.2) is 0 Å². The van der Waals surface area contributed by atoms with Crippen LogP contribution in [-0.4, -0.2) is 72.7 Å². The predicted octanol–water partition coefficient (Wildman–Crippen LogP) is 4.09. The number of carboxylic acids is 1. The Morgan fingerprint density at radius 2 is 1.60 bits per heavy atom. The van der Waals surface area contributed by atoms with Crippen molar-refractivity contribution < 1.29 is 34.1 Å². The Hall–Kier alpha value is -5.39. The molecule has 12 nitrogen and oxygen atoms in total. The maximum Gasteiger partial charge on any atom is 0.408 e. The third-order valence-electron chi connectivity index (χ3n) is 8.36. The highest BCUT2D eigenvalue weighted by atomic mass is 16.6. The summed E-state index contributed by atoms with van der Waals surface area (Å²) in [5.41, 5.74) is 4.47. The van der Waals surface area contributed by atoms with Gasteiger partial charge in [-0.05, 0) is 86.7 Å². The lowest BCUT2D eigenvalue weighted by Gasteiger charge is -2.38. The number of H-pyrrole nitrogens is 1. The number of aryl methyl sites for hydroxylation is 2. The molecular weight excluding hydrogens is 614 g/mol. The summed E-state index contributed by atoms with van der Waals surface area (Å²) in [6.45, 7) is 8.81. The van der Waals surface area contributed by atoms with Gasteiger partial charge in [0, 0.05) is 25.8 Å². The van der Waals surface area contributed by atoms with Crippen LogP contribution in [-0.2, 0) is 44.9 Å². The minimum atomic E-state index is -1.33. The van der Waals surface area contributed by atoms with Crippen LogP contribution in [0.25, 0.3) is 11.0 Å². The van der Waals surface area contributed by atoms with Crippen molar-refractivity contribution in [1.29, 1.82) is 0 Å². The molecule has 0 spiro atoms. The van der Waals surface area contributed by atoms with Crippen molar-refractivity contribution >= 4 is 34.9 Å². The van der Waals surface area contributed by atoms with Gasteiger partial charge in [-0.15, -0.1) is 0 Å². The van der Waals surface area contributed by atoms with Crippen LogP contribution in [0.3, 0.4) is 0 Å². The summed E-state index contributed by atoms with van der Waals surface area (Å²) in [5.74, 6) is -1.95. The number of benzene rings is 3. The van der Waals surface area contributed by atoms with Crippen LogP contribution in [0.15, 0.2) is 60.7 Å². The highest BCUT2D eigenvalue weighted by Crippen LogP contribution is 2.27. The Labute approximate surface area is 278 Å². The first kappa shape index (κ1) is 34.0. The van der Waals surface area contributed by atoms with Crippen LogP contribution >= 0.6 is 0 Å². The lowest BCUT2D eigenvalue weighted by Crippen LogP contribution is -2.60. The van der Waals surface area contributed by atoms with Crippen molar-refractivity contribution in [1.82, 2.24) is 25.5 Å². The first-order chi connectivity index (χ1) is 22.7. The topological polar surface area (TPSA) is 174 Å². The molecule has 4 aromatic rings. The number of aromatic hydroxyl groups is 1. The van der Waals surface area contributed by atoms with Gasteiger partial charge in [-0.25, -0.2) is 14.6 Å². The number of phenols is 1. The number of hydrogen-bond acceptors (Lipinski definition) is 7. The molecule has 3 amide bonds. The first-order valence-electron chi connectivity index (χ1n) is 15.8. The van der Waals surface area contributed by atoms with Crippen LogP contribution in [0.1, 0.15) is 54.4 Å². The third kappa shape index (κ3) is 7.93. The van der Waals surface area contributed by atoms with E-state index in [2.05, 4.69) is 20.6 Å². The zero-order chi connectivity index (χ0) is 34.7. The lowest BCUT2D eigenvalue weighted by atomic mass is 9.91. The summed E-state index contributed by atoms with van der Waals surface area (Å²) in [6, 6.07) is 14.3. The molecule has 12 heteroatoms. The normalized spacial score (nSPS) is 15.7. The molecule has 0 saturated heterocycles. The number of phenolic OH excluding ortho intramolecular Hbond substituents is 1. The number of aromatic amines is 1. The number of ether oxygens (including phenoxy) is 1. The van der Waals surface area contributed by atoms with E-state index in [-0.39, 0.29) is 31.6 Å². The number of hydrogen-bond donors (Lipinski definition) is 5. The van der Waals surface area contributed by atoms with Crippen LogP contribution < -0.4 is 10.6 Å². The van der Waals surface area contributed by atoms with E-state index >= 15 is 0 Å². The van der Waals surface area contributed by atoms with E-state index in [0.717, 1.165) is 33.3 Å². The van der Waals surface area contributed by atoms with Gasteiger partial charge in [-0.2, -0.15) is 0 Å². The number of amides is 3. The van der Waals surface area contributed by atoms with Gasteiger partial charge in [0.2, 0.25) is 11.8 Å². The van der Waals surface area contributed by atoms with E-state index in [1.165, 1.54) is 4.90 Å². The molecule has 2 heterocycles. The minimum absolute atomic E-state index is 0.0618. The SMILES string of the molecule is Cc1cc(O)cc(C)c1C[C@H](NC(=O)OC(C)(C)C)C(=O)N1Cc2ccccc2C[C@H]1C(=O)N[C@@H](Cc1nc2ccccc2[nH]1)C(=O)O. The maximum absolute atomic E-state index is 14.5. The van der Waals surface area contributed by atoms with Gasteiger partial charge in [0.25, 0.3) is 0 Å². The van der Waals surface area contributed by atoms with E-state index in [0.29, 0.717) is 11.3 Å². The van der Waals surface area contributed by atoms with E-state index in [4.69, 9.17) is 4.74 Å². The Bertz CT molecular complexity index is 1800. The molecule has 0 unspecified atom stereocenters. The van der Waals surface area contributed by atoms with Gasteiger partial charge in [0.1, 0.15) is 35.3 Å². The number of alkyl carbamates (subject to hydrolysis) is 1. The van der Waals surface area contributed by atoms with Crippen molar-refractivity contribution in [3.05, 3.63) is 94.3 Å². The van der Waals surface area contributed by atoms with Crippen LogP contribution in [0.2, 0.25) is 0 Å². The number of nitrogens with one attached hydrogen (secondary N) is 3. The molecular formula is C36H41N5O7. The number of aromatic nitrogens is 2. The number of fused-ring (bicyclic) bond motifs is 2. The Morgan fingerprint density at radius 3 is 2.25 bits per heavy atom. The molecule has 5 N–H and O–H groups in total. The number of imidazole rings is 1. The highest BCUT2D eigenvalue weighted by Gasteiger charge is 2.40. The van der Waals surface area contributed by atoms with Crippen molar-refractivity contribution in [2.75, 3.05) is 0 Å². The number of rotatable bonds is 9. The van der Waals surface area contributed by atoms with Crippen molar-refractivity contribution in [2.45, 2.75) is 84.2 Å². The summed E-state index contributed by atoms with van der Waals surface area (Å²) in [7, 11) is 0. The zero-order valence-electron chi connectivity index (χ0n) is 27.7. The Balaban J connectivity index is 1.46. The van der Waals surface area contributed by atoms with Gasteiger partial charge < -0.3 is 35.5 Å². The summed E-state index contributed by atoms with van der Waals surface area (Å²) < 4.78 is 5.50. The fourth-order valence-corrected chi connectivity index (χ4v) is 6.10. The molecule has 48 heavy (non-hydrogen) atoms. The fraction of sp³-hybridized carbons (Fsp3) is 0.361. The van der Waals surface area contributed by atoms with E-state index in [1.807, 2.05) is 42.5 Å². The van der Waals surface area contributed by atoms with Crippen molar-refractivity contribution in [2.24, 2.45) is 0 Å². The smallest absolute Gasteiger partial charge is 0.408 e. The molecule has 0 fully saturated rings. The highest BCUT2D eigenvalue weighted by molar-refractivity contribution is 5.94. The second-order valence-corrected chi connectivity index (χ2v) is 13.2. The molecule has 3 atom stereocenters. The van der Waals surface area contributed by atoms with Crippen molar-refractivity contribution in [3.8, 4) is 5.75 Å². The molecule has 0 saturated carbocycles. The average Bonchev–Trinajstić information content (AvgIpc) is 3.42. The minimum Gasteiger partial charge on any atom is -0.508 e. The first-order valence-corrected chi connectivity index (χ1v) is 15.8. The molecule has 1 aliphatic heterocycles. The van der Waals surface area contributed by atoms with Crippen LogP contribution in [0.4, 0.5) is 4.79 Å². The molecule has 0 radical (unpaired) electrons. The van der Waals surface area contributed by atoms with Gasteiger partial charge in [-0.1, -0.05) is 36.4 Å². The average molecular weight is 656 g/mol. The third-order valence-corrected chi connectivity index (χ3v) is 8.36. The number of nitrogens with zero attached hydrogens (tertiary/aromatic N) is 2. The zero-order valence-corrected chi connectivity index (χ0v) is 27.7. The van der Waals surface area contributed by atoms with Crippen molar-refractivity contribution in [3.63, 3.8) is 0 Å². The number of carbonyl (C=O) groups excluding carboxylic acids is 3.